The Balaban J connectivity index is 2.00. The topological polar surface area (TPSA) is 0 Å². The minimum absolute atomic E-state index is 1.32. The monoisotopic (exact) mass is 74.0 g/mol. The Labute approximate surface area is 28.4 Å². The molecule has 1 heterocycles. The molecular formula is C3H7P. The van der Waals surface area contributed by atoms with Crippen LogP contribution in [0.1, 0.15) is 6.42 Å². The van der Waals surface area contributed by atoms with Crippen LogP contribution in [0, 0.1) is 0 Å². The van der Waals surface area contributed by atoms with Gasteiger partial charge in [0.05, 0.1) is 0 Å². The Kier molecular flexibility index (Phi) is 0.685. The van der Waals surface area contributed by atoms with E-state index < -0.39 is 0 Å². The fourth-order valence-corrected chi connectivity index (χ4v) is 0.530. The van der Waals surface area contributed by atoms with Gasteiger partial charge in [-0.15, -0.1) is 8.58 Å². The van der Waals surface area contributed by atoms with Gasteiger partial charge in [0.25, 0.3) is 0 Å². The molecule has 0 N–H and O–H groups in total. The van der Waals surface area contributed by atoms with Crippen LogP contribution in [-0.4, -0.2) is 12.3 Å². The SMILES string of the molecule is C1CPC1. The Morgan fingerprint density at radius 2 is 1.50 bits per heavy atom. The average Bonchev–Trinajstić information content (AvgIpc) is 0.722. The molecule has 1 rings (SSSR count). The lowest BCUT2D eigenvalue weighted by Gasteiger charge is -2.06. The van der Waals surface area contributed by atoms with Crippen LogP contribution < -0.4 is 0 Å². The van der Waals surface area contributed by atoms with Crippen LogP contribution in [-0.2, 0) is 0 Å². The van der Waals surface area contributed by atoms with Crippen molar-refractivity contribution in [2.45, 2.75) is 6.42 Å². The molecule has 0 aromatic carbocycles. The van der Waals surface area contributed by atoms with Crippen LogP contribution in [0.25, 0.3) is 0 Å². The molecule has 1 saturated heterocycles. The highest BCUT2D eigenvalue weighted by Crippen LogP contribution is 2.23. The van der Waals surface area contributed by atoms with Gasteiger partial charge in [-0.05, 0) is 18.7 Å². The van der Waals surface area contributed by atoms with Gasteiger partial charge in [0.15, 0.2) is 0 Å². The molecule has 1 heteroatoms. The summed E-state index contributed by atoms with van der Waals surface area (Å²) in [7, 11) is 1.32. The van der Waals surface area contributed by atoms with Crippen LogP contribution in [0.4, 0.5) is 0 Å². The largest absolute Gasteiger partial charge is 0.122 e. The molecule has 0 aliphatic carbocycles. The fraction of sp³-hybridized carbons (Fsp3) is 1.00. The summed E-state index contributed by atoms with van der Waals surface area (Å²) in [5.41, 5.74) is 0. The maximum atomic E-state index is 1.53. The molecule has 0 spiro atoms. The highest BCUT2D eigenvalue weighted by molar-refractivity contribution is 7.39. The number of hydrogen-bond acceptors (Lipinski definition) is 0. The van der Waals surface area contributed by atoms with Crippen molar-refractivity contribution in [3.8, 4) is 0 Å². The maximum Gasteiger partial charge on any atom is -0.0350 e. The summed E-state index contributed by atoms with van der Waals surface area (Å²) in [4.78, 5) is 0. The second kappa shape index (κ2) is 1.03. The number of hydrogen-bond donors (Lipinski definition) is 0. The summed E-state index contributed by atoms with van der Waals surface area (Å²) in [5.74, 6) is 0. The average molecular weight is 74.1 g/mol. The first-order chi connectivity index (χ1) is 2.00. The zero-order valence-corrected chi connectivity index (χ0v) is 3.62. The van der Waals surface area contributed by atoms with E-state index in [-0.39, 0.29) is 0 Å². The van der Waals surface area contributed by atoms with E-state index in [9.17, 15) is 0 Å². The molecule has 1 aliphatic rings. The third-order valence-corrected chi connectivity index (χ3v) is 2.12. The van der Waals surface area contributed by atoms with Crippen LogP contribution in [0.3, 0.4) is 0 Å². The zero-order chi connectivity index (χ0) is 2.83. The highest BCUT2D eigenvalue weighted by Gasteiger charge is 1.94. The molecule has 0 amide bonds. The van der Waals surface area contributed by atoms with Crippen molar-refractivity contribution in [3.05, 3.63) is 0 Å². The zero-order valence-electron chi connectivity index (χ0n) is 2.62. The first-order valence-electron chi connectivity index (χ1n) is 1.71. The molecule has 0 aromatic rings. The molecule has 24 valence electrons. The van der Waals surface area contributed by atoms with Crippen molar-refractivity contribution in [3.63, 3.8) is 0 Å². The van der Waals surface area contributed by atoms with E-state index in [0.717, 1.165) is 0 Å². The van der Waals surface area contributed by atoms with Gasteiger partial charge in [-0.1, -0.05) is 0 Å². The number of rotatable bonds is 0. The summed E-state index contributed by atoms with van der Waals surface area (Å²) < 4.78 is 0. The molecule has 1 fully saturated rings. The van der Waals surface area contributed by atoms with Crippen molar-refractivity contribution in [2.24, 2.45) is 0 Å². The van der Waals surface area contributed by atoms with E-state index in [1.54, 1.807) is 0 Å². The minimum atomic E-state index is 1.32. The van der Waals surface area contributed by atoms with Crippen molar-refractivity contribution < 1.29 is 0 Å². The predicted molar refractivity (Wildman–Crippen MR) is 22.7 cm³/mol. The van der Waals surface area contributed by atoms with Crippen molar-refractivity contribution >= 4 is 8.58 Å². The molecular weight excluding hydrogens is 67.0 g/mol. The van der Waals surface area contributed by atoms with Crippen LogP contribution in [0.2, 0.25) is 0 Å². The quantitative estimate of drug-likeness (QED) is 0.377. The Morgan fingerprint density at radius 1 is 1.25 bits per heavy atom. The van der Waals surface area contributed by atoms with E-state index in [2.05, 4.69) is 0 Å². The van der Waals surface area contributed by atoms with Crippen molar-refractivity contribution in [1.82, 2.24) is 0 Å². The van der Waals surface area contributed by atoms with E-state index >= 15 is 0 Å². The second-order valence-electron chi connectivity index (χ2n) is 1.10. The lowest BCUT2D eigenvalue weighted by atomic mass is 10.5. The molecule has 0 atom stereocenters. The van der Waals surface area contributed by atoms with Gasteiger partial charge < -0.3 is 0 Å². The molecule has 1 aliphatic heterocycles. The normalized spacial score (nSPS) is 24.0. The second-order valence-corrected chi connectivity index (χ2v) is 2.60. The smallest absolute Gasteiger partial charge is 0.0350 e. The lowest BCUT2D eigenvalue weighted by Crippen LogP contribution is -1.90. The minimum Gasteiger partial charge on any atom is -0.122 e. The third kappa shape index (κ3) is 0.253. The van der Waals surface area contributed by atoms with Gasteiger partial charge in [0.2, 0.25) is 0 Å². The summed E-state index contributed by atoms with van der Waals surface area (Å²) in [5, 5.41) is 0. The van der Waals surface area contributed by atoms with Gasteiger partial charge in [0, 0.05) is 0 Å². The van der Waals surface area contributed by atoms with Gasteiger partial charge in [-0.2, -0.15) is 0 Å². The van der Waals surface area contributed by atoms with Crippen LogP contribution in [0.5, 0.6) is 0 Å². The molecule has 0 nitrogen and oxygen atoms in total. The Morgan fingerprint density at radius 3 is 1.50 bits per heavy atom. The third-order valence-electron chi connectivity index (χ3n) is 0.707. The Bertz CT molecular complexity index is 11.2. The van der Waals surface area contributed by atoms with E-state index in [4.69, 9.17) is 0 Å². The Hall–Kier alpha value is 0.430. The molecule has 0 unspecified atom stereocenters. The van der Waals surface area contributed by atoms with E-state index in [1.807, 2.05) is 0 Å². The van der Waals surface area contributed by atoms with E-state index in [1.165, 1.54) is 27.3 Å². The van der Waals surface area contributed by atoms with Gasteiger partial charge in [0.1, 0.15) is 0 Å². The van der Waals surface area contributed by atoms with Gasteiger partial charge >= 0.3 is 0 Å². The van der Waals surface area contributed by atoms with Gasteiger partial charge in [-0.25, -0.2) is 0 Å². The summed E-state index contributed by atoms with van der Waals surface area (Å²) >= 11 is 0. The molecule has 0 saturated carbocycles. The standard InChI is InChI=1S/C3H7P/c1-2-4-3-1/h4H,1-3H2. The van der Waals surface area contributed by atoms with Crippen LogP contribution in [0.15, 0.2) is 0 Å². The lowest BCUT2D eigenvalue weighted by molar-refractivity contribution is 1.04. The molecule has 0 aromatic heterocycles. The summed E-state index contributed by atoms with van der Waals surface area (Å²) in [6, 6.07) is 0. The predicted octanol–water partition coefficient (Wildman–Crippen LogP) is 1.07. The first-order valence-corrected chi connectivity index (χ1v) is 3.12. The maximum absolute atomic E-state index is 1.53. The summed E-state index contributed by atoms with van der Waals surface area (Å²) in [6.45, 7) is 0. The molecule has 0 radical (unpaired) electrons. The van der Waals surface area contributed by atoms with Gasteiger partial charge in [-0.3, -0.25) is 0 Å². The highest BCUT2D eigenvalue weighted by atomic mass is 31.1. The first kappa shape index (κ1) is 2.66. The van der Waals surface area contributed by atoms with Crippen molar-refractivity contribution in [2.75, 3.05) is 12.3 Å². The molecule has 0 bridgehead atoms. The molecule has 4 heavy (non-hydrogen) atoms. The summed E-state index contributed by atoms with van der Waals surface area (Å²) in [6.07, 6.45) is 4.57. The van der Waals surface area contributed by atoms with Crippen LogP contribution >= 0.6 is 8.58 Å². The fourth-order valence-electron chi connectivity index (χ4n) is 0.177. The van der Waals surface area contributed by atoms with Crippen molar-refractivity contribution in [1.29, 1.82) is 0 Å². The van der Waals surface area contributed by atoms with E-state index in [0.29, 0.717) is 0 Å².